The van der Waals surface area contributed by atoms with Crippen LogP contribution in [0.5, 0.6) is 0 Å². The number of para-hydroxylation sites is 8. The van der Waals surface area contributed by atoms with Crippen LogP contribution in [0.3, 0.4) is 0 Å². The van der Waals surface area contributed by atoms with E-state index in [0.29, 0.717) is 67.5 Å². The number of nitrogens with zero attached hydrogens (tertiary/aromatic N) is 6. The molecule has 0 saturated carbocycles. The highest BCUT2D eigenvalue weighted by atomic mass is 16.2. The molecule has 25 rings (SSSR count). The number of benzene rings is 19. The molecule has 0 saturated heterocycles. The Morgan fingerprint density at radius 1 is 0.154 bits per heavy atom. The molecule has 0 bridgehead atoms. The number of carbonyl (C=O) groups excluding carboxylic acids is 6. The first-order valence-electron chi connectivity index (χ1n) is 45.6. The molecule has 3 aliphatic rings. The van der Waals surface area contributed by atoms with Gasteiger partial charge in [0.05, 0.1) is 101 Å². The van der Waals surface area contributed by atoms with Crippen molar-refractivity contribution in [1.82, 2.24) is 13.7 Å². The van der Waals surface area contributed by atoms with E-state index < -0.39 is 0 Å². The molecule has 12 heteroatoms. The highest BCUT2D eigenvalue weighted by Crippen LogP contribution is 2.49. The average Bonchev–Trinajstić information content (AvgIpc) is 1.56. The van der Waals surface area contributed by atoms with Gasteiger partial charge in [0, 0.05) is 65.7 Å². The third-order valence-corrected chi connectivity index (χ3v) is 26.7. The van der Waals surface area contributed by atoms with Crippen molar-refractivity contribution in [3.05, 3.63) is 492 Å². The van der Waals surface area contributed by atoms with Crippen molar-refractivity contribution in [2.75, 3.05) is 14.7 Å². The first-order chi connectivity index (χ1) is 66.7. The number of hydrogen-bond donors (Lipinski definition) is 0. The van der Waals surface area contributed by atoms with Crippen molar-refractivity contribution in [3.63, 3.8) is 0 Å². The van der Waals surface area contributed by atoms with E-state index in [0.717, 1.165) is 143 Å². The zero-order valence-electron chi connectivity index (χ0n) is 74.7. The number of imide groups is 3. The number of hydrogen-bond acceptors (Lipinski definition) is 6. The van der Waals surface area contributed by atoms with Gasteiger partial charge in [-0.2, -0.15) is 0 Å². The Labute approximate surface area is 785 Å². The van der Waals surface area contributed by atoms with Gasteiger partial charge in [-0.05, 0) is 145 Å². The number of fused-ring (bicyclic) bond motifs is 12. The SMILES string of the molecule is Cc1ccc(-c2ccc3c4ccccc4n(-c4cccc5c4C(=O)N(c4ccccc4-c4ccccc4)C5=O)c3c2)cc1.Cc1ccc(-c2cccc3c4cccc(-c5ccc(C)cc5)c4n(-c4cccc5c4C(=O)N(c4ccccc4-c4ccccc4)C5=O)c23)cc1.Cc1ccc(-c2cccc3c4ccccc4n(-c4cccc5c4C(=O)N(c4ccccc4-c4ccccc4)C5=O)c23)cc1. The predicted molar refractivity (Wildman–Crippen MR) is 552 cm³/mol. The van der Waals surface area contributed by atoms with Crippen LogP contribution in [0.2, 0.25) is 0 Å². The Kier molecular flexibility index (Phi) is 20.4. The van der Waals surface area contributed by atoms with Gasteiger partial charge in [0.2, 0.25) is 0 Å². The number of aromatic nitrogens is 3. The lowest BCUT2D eigenvalue weighted by molar-refractivity contribution is 0.0910. The molecule has 19 aromatic carbocycles. The molecular formula is C124H84N6O6. The third-order valence-electron chi connectivity index (χ3n) is 26.7. The molecule has 12 nitrogen and oxygen atoms in total. The van der Waals surface area contributed by atoms with E-state index >= 15 is 0 Å². The molecule has 6 amide bonds. The first-order valence-corrected chi connectivity index (χ1v) is 45.6. The van der Waals surface area contributed by atoms with E-state index in [-0.39, 0.29) is 35.4 Å². The fourth-order valence-electron chi connectivity index (χ4n) is 20.3. The summed E-state index contributed by atoms with van der Waals surface area (Å²) in [6.07, 6.45) is 0. The van der Waals surface area contributed by atoms with Gasteiger partial charge in [0.25, 0.3) is 35.4 Å². The van der Waals surface area contributed by atoms with Crippen molar-refractivity contribution in [1.29, 1.82) is 0 Å². The molecule has 0 unspecified atom stereocenters. The molecule has 22 aromatic rings. The molecule has 6 heterocycles. The lowest BCUT2D eigenvalue weighted by Crippen LogP contribution is -2.30. The summed E-state index contributed by atoms with van der Waals surface area (Å²) in [4.78, 5) is 90.2. The maximum Gasteiger partial charge on any atom is 0.268 e. The number of anilines is 3. The second kappa shape index (κ2) is 33.7. The topological polar surface area (TPSA) is 127 Å². The normalized spacial score (nSPS) is 12.8. The van der Waals surface area contributed by atoms with Gasteiger partial charge in [0.15, 0.2) is 0 Å². The highest BCUT2D eigenvalue weighted by molar-refractivity contribution is 6.39. The molecular weight excluding hydrogens is 1670 g/mol. The molecule has 136 heavy (non-hydrogen) atoms. The fourth-order valence-corrected chi connectivity index (χ4v) is 20.3. The second-order valence-electron chi connectivity index (χ2n) is 34.9. The largest absolute Gasteiger partial charge is 0.308 e. The average molecular weight is 1750 g/mol. The number of carbonyl (C=O) groups is 6. The zero-order valence-corrected chi connectivity index (χ0v) is 74.7. The Morgan fingerprint density at radius 2 is 0.397 bits per heavy atom. The molecule has 0 aliphatic carbocycles. The standard InChI is InChI=1S/C46H32N2O2.2C39H26N2O2/c1-29-21-25-32(26-22-29)35-14-8-16-37-38-17-9-15-36(33-27-23-30(2)24-28-33)44(38)47(43(35)37)41-20-10-18-39-42(41)46(50)48(45(39)49)40-19-7-6-13-34(40)31-11-4-3-5-12-31;1-25-21-23-27(24-22-25)29-15-9-16-31-30-14-6-8-19-34(30)40(37(29)31)35-20-10-17-32-36(35)39(43)41(38(32)42)33-18-7-5-13-28(33)26-11-3-2-4-12-26;1-25-18-20-26(21-19-25)28-22-23-31-30-13-6-8-16-34(30)40(36(31)24-28)35-17-9-14-32-37(35)39(43)41(38(32)42)33-15-7-5-12-29(33)27-10-3-2-4-11-27/h3-28H,1-2H3;2*2-24H,1H3. The van der Waals surface area contributed by atoms with Crippen LogP contribution < -0.4 is 14.7 Å². The zero-order chi connectivity index (χ0) is 92.1. The minimum absolute atomic E-state index is 0.314. The van der Waals surface area contributed by atoms with E-state index in [2.05, 4.69) is 236 Å². The van der Waals surface area contributed by atoms with Gasteiger partial charge in [-0.1, -0.05) is 386 Å². The summed E-state index contributed by atoms with van der Waals surface area (Å²) < 4.78 is 6.53. The van der Waals surface area contributed by atoms with Crippen LogP contribution in [0.15, 0.2) is 437 Å². The summed E-state index contributed by atoms with van der Waals surface area (Å²) in [6.45, 7) is 8.35. The highest BCUT2D eigenvalue weighted by Gasteiger charge is 2.44. The molecule has 0 fully saturated rings. The van der Waals surface area contributed by atoms with E-state index in [1.54, 1.807) is 18.2 Å². The lowest BCUT2D eigenvalue weighted by atomic mass is 9.99. The van der Waals surface area contributed by atoms with Gasteiger partial charge in [0.1, 0.15) is 0 Å². The van der Waals surface area contributed by atoms with Gasteiger partial charge in [-0.15, -0.1) is 0 Å². The Morgan fingerprint density at radius 3 is 0.779 bits per heavy atom. The minimum Gasteiger partial charge on any atom is -0.308 e. The Balaban J connectivity index is 0.000000115. The first kappa shape index (κ1) is 82.4. The predicted octanol–water partition coefficient (Wildman–Crippen LogP) is 29.7. The number of rotatable bonds is 13. The van der Waals surface area contributed by atoms with Crippen LogP contribution in [-0.2, 0) is 0 Å². The minimum atomic E-state index is -0.334. The molecule has 0 spiro atoms. The van der Waals surface area contributed by atoms with Crippen molar-refractivity contribution in [2.24, 2.45) is 0 Å². The summed E-state index contributed by atoms with van der Waals surface area (Å²) in [5, 5.41) is 6.52. The fraction of sp³-hybridized carbons (Fsp3) is 0.0323. The summed E-state index contributed by atoms with van der Waals surface area (Å²) >= 11 is 0. The molecule has 3 aliphatic heterocycles. The van der Waals surface area contributed by atoms with Crippen LogP contribution in [0.4, 0.5) is 17.1 Å². The molecule has 3 aromatic heterocycles. The Hall–Kier alpha value is -18.0. The molecule has 0 radical (unpaired) electrons. The van der Waals surface area contributed by atoms with Crippen LogP contribution in [0.1, 0.15) is 84.4 Å². The van der Waals surface area contributed by atoms with Crippen molar-refractivity contribution < 1.29 is 28.8 Å². The number of aryl methyl sites for hydroxylation is 4. The van der Waals surface area contributed by atoms with Crippen LogP contribution in [-0.4, -0.2) is 49.1 Å². The quantitative estimate of drug-likeness (QED) is 0.106. The van der Waals surface area contributed by atoms with Crippen molar-refractivity contribution in [2.45, 2.75) is 27.7 Å². The van der Waals surface area contributed by atoms with Crippen LogP contribution >= 0.6 is 0 Å². The maximum absolute atomic E-state index is 14.9. The molecule has 646 valence electrons. The van der Waals surface area contributed by atoms with Gasteiger partial charge < -0.3 is 13.7 Å². The van der Waals surface area contributed by atoms with Crippen molar-refractivity contribution in [3.8, 4) is 95.0 Å². The van der Waals surface area contributed by atoms with Crippen LogP contribution in [0.25, 0.3) is 160 Å². The maximum atomic E-state index is 14.9. The smallest absolute Gasteiger partial charge is 0.268 e. The molecule has 0 atom stereocenters. The molecule has 0 N–H and O–H groups in total. The summed E-state index contributed by atoms with van der Waals surface area (Å²) in [5.74, 6) is -1.93. The second-order valence-corrected chi connectivity index (χ2v) is 34.9. The summed E-state index contributed by atoms with van der Waals surface area (Å²) in [6, 6.07) is 145. The van der Waals surface area contributed by atoms with E-state index in [9.17, 15) is 28.8 Å². The van der Waals surface area contributed by atoms with Gasteiger partial charge >= 0.3 is 0 Å². The monoisotopic (exact) mass is 1750 g/mol. The number of amides is 6. The Bertz CT molecular complexity index is 8590. The van der Waals surface area contributed by atoms with Gasteiger partial charge in [-0.25, -0.2) is 14.7 Å². The van der Waals surface area contributed by atoms with Crippen molar-refractivity contribution >= 4 is 118 Å². The third kappa shape index (κ3) is 13.8. The van der Waals surface area contributed by atoms with Gasteiger partial charge in [-0.3, -0.25) is 28.8 Å². The van der Waals surface area contributed by atoms with E-state index in [1.807, 2.05) is 224 Å². The summed E-state index contributed by atoms with van der Waals surface area (Å²) in [7, 11) is 0. The lowest BCUT2D eigenvalue weighted by Gasteiger charge is -2.19. The van der Waals surface area contributed by atoms with Crippen LogP contribution in [0, 0.1) is 27.7 Å². The van der Waals surface area contributed by atoms with E-state index in [4.69, 9.17) is 0 Å². The summed E-state index contributed by atoms with van der Waals surface area (Å²) in [5.41, 5.74) is 30.9. The van der Waals surface area contributed by atoms with E-state index in [1.165, 1.54) is 37.0 Å².